The van der Waals surface area contributed by atoms with Crippen molar-refractivity contribution in [3.8, 4) is 11.5 Å². The summed E-state index contributed by atoms with van der Waals surface area (Å²) in [5.74, 6) is 1.92. The molecular formula is C28H27NO4. The van der Waals surface area contributed by atoms with Crippen LogP contribution in [0, 0.1) is 5.92 Å². The van der Waals surface area contributed by atoms with Gasteiger partial charge in [0.1, 0.15) is 18.1 Å². The molecule has 5 nitrogen and oxygen atoms in total. The Labute approximate surface area is 193 Å². The smallest absolute Gasteiger partial charge is 0.195 e. The molecule has 1 unspecified atom stereocenters. The van der Waals surface area contributed by atoms with Crippen molar-refractivity contribution in [3.05, 3.63) is 95.7 Å². The second-order valence-corrected chi connectivity index (χ2v) is 8.44. The van der Waals surface area contributed by atoms with E-state index in [0.717, 1.165) is 54.1 Å². The van der Waals surface area contributed by atoms with Crippen molar-refractivity contribution in [1.29, 1.82) is 0 Å². The average molecular weight is 442 g/mol. The van der Waals surface area contributed by atoms with Gasteiger partial charge in [-0.3, -0.25) is 4.79 Å². The monoisotopic (exact) mass is 441 g/mol. The lowest BCUT2D eigenvalue weighted by atomic mass is 10.0. The largest absolute Gasteiger partial charge is 0.497 e. The number of aromatic nitrogens is 1. The molecule has 0 spiro atoms. The van der Waals surface area contributed by atoms with E-state index in [9.17, 15) is 4.79 Å². The molecule has 1 aliphatic heterocycles. The highest BCUT2D eigenvalue weighted by molar-refractivity contribution is 6.16. The standard InChI is InChI=1S/C28H27NO4/c1-31-23-9-7-22(8-10-23)28(30)26-17-29(16-21-13-14-32-18-21)27-12-11-24(15-25(26)27)33-19-20-5-3-2-4-6-20/h2-12,15,17,21H,13-14,16,18-19H2,1H3. The molecule has 1 saturated heterocycles. The van der Waals surface area contributed by atoms with E-state index in [-0.39, 0.29) is 5.78 Å². The molecule has 4 aromatic rings. The Morgan fingerprint density at radius 2 is 1.82 bits per heavy atom. The molecule has 5 heteroatoms. The van der Waals surface area contributed by atoms with Crippen molar-refractivity contribution in [3.63, 3.8) is 0 Å². The van der Waals surface area contributed by atoms with Crippen LogP contribution in [0.4, 0.5) is 0 Å². The Bertz CT molecular complexity index is 1240. The van der Waals surface area contributed by atoms with Gasteiger partial charge < -0.3 is 18.8 Å². The van der Waals surface area contributed by atoms with Gasteiger partial charge in [-0.15, -0.1) is 0 Å². The van der Waals surface area contributed by atoms with Crippen LogP contribution in [-0.4, -0.2) is 30.7 Å². The summed E-state index contributed by atoms with van der Waals surface area (Å²) in [6, 6.07) is 23.3. The van der Waals surface area contributed by atoms with Crippen LogP contribution < -0.4 is 9.47 Å². The summed E-state index contributed by atoms with van der Waals surface area (Å²) in [7, 11) is 1.62. The number of rotatable bonds is 8. The number of ether oxygens (including phenoxy) is 3. The van der Waals surface area contributed by atoms with E-state index in [1.165, 1.54) is 0 Å². The van der Waals surface area contributed by atoms with Crippen molar-refractivity contribution in [2.75, 3.05) is 20.3 Å². The van der Waals surface area contributed by atoms with E-state index in [1.807, 2.05) is 72.9 Å². The molecule has 0 radical (unpaired) electrons. The van der Waals surface area contributed by atoms with Crippen molar-refractivity contribution in [1.82, 2.24) is 4.57 Å². The molecule has 2 heterocycles. The maximum atomic E-state index is 13.5. The van der Waals surface area contributed by atoms with Gasteiger partial charge in [0.25, 0.3) is 0 Å². The molecule has 3 aromatic carbocycles. The third-order valence-electron chi connectivity index (χ3n) is 6.18. The van der Waals surface area contributed by atoms with E-state index >= 15 is 0 Å². The van der Waals surface area contributed by atoms with Gasteiger partial charge in [-0.25, -0.2) is 0 Å². The zero-order valence-corrected chi connectivity index (χ0v) is 18.7. The molecule has 0 bridgehead atoms. The fourth-order valence-corrected chi connectivity index (χ4v) is 4.34. The lowest BCUT2D eigenvalue weighted by Gasteiger charge is -2.11. The first-order valence-corrected chi connectivity index (χ1v) is 11.3. The zero-order valence-electron chi connectivity index (χ0n) is 18.7. The number of benzene rings is 3. The van der Waals surface area contributed by atoms with Crippen molar-refractivity contribution in [2.24, 2.45) is 5.92 Å². The molecule has 1 aliphatic rings. The predicted octanol–water partition coefficient (Wildman–Crippen LogP) is 5.50. The van der Waals surface area contributed by atoms with Crippen LogP contribution in [0.25, 0.3) is 10.9 Å². The van der Waals surface area contributed by atoms with E-state index in [2.05, 4.69) is 10.6 Å². The number of carbonyl (C=O) groups excluding carboxylic acids is 1. The molecule has 1 fully saturated rings. The Kier molecular flexibility index (Phi) is 6.13. The maximum Gasteiger partial charge on any atom is 0.195 e. The van der Waals surface area contributed by atoms with Crippen LogP contribution in [-0.2, 0) is 17.9 Å². The normalized spacial score (nSPS) is 15.6. The third kappa shape index (κ3) is 4.64. The molecule has 1 aromatic heterocycles. The first kappa shape index (κ1) is 21.3. The summed E-state index contributed by atoms with van der Waals surface area (Å²) in [4.78, 5) is 13.5. The van der Waals surface area contributed by atoms with Gasteiger partial charge >= 0.3 is 0 Å². The van der Waals surface area contributed by atoms with E-state index in [4.69, 9.17) is 14.2 Å². The minimum absolute atomic E-state index is 0.00992. The van der Waals surface area contributed by atoms with Gasteiger partial charge in [-0.1, -0.05) is 30.3 Å². The highest BCUT2D eigenvalue weighted by Crippen LogP contribution is 2.30. The van der Waals surface area contributed by atoms with Crippen LogP contribution in [0.3, 0.4) is 0 Å². The zero-order chi connectivity index (χ0) is 22.6. The van der Waals surface area contributed by atoms with E-state index in [0.29, 0.717) is 23.7 Å². The number of carbonyl (C=O) groups is 1. The third-order valence-corrected chi connectivity index (χ3v) is 6.18. The number of ketones is 1. The molecule has 0 saturated carbocycles. The van der Waals surface area contributed by atoms with Crippen LogP contribution in [0.5, 0.6) is 11.5 Å². The summed E-state index contributed by atoms with van der Waals surface area (Å²) in [6.45, 7) is 2.88. The summed E-state index contributed by atoms with van der Waals surface area (Å²) in [5, 5.41) is 0.903. The Morgan fingerprint density at radius 1 is 1.03 bits per heavy atom. The first-order valence-electron chi connectivity index (χ1n) is 11.3. The fraction of sp³-hybridized carbons (Fsp3) is 0.250. The second kappa shape index (κ2) is 9.51. The van der Waals surface area contributed by atoms with Gasteiger partial charge in [-0.05, 0) is 54.4 Å². The number of nitrogens with zero attached hydrogens (tertiary/aromatic N) is 1. The Balaban J connectivity index is 1.49. The van der Waals surface area contributed by atoms with Gasteiger partial charge in [0, 0.05) is 47.3 Å². The maximum absolute atomic E-state index is 13.5. The number of fused-ring (bicyclic) bond motifs is 1. The van der Waals surface area contributed by atoms with Crippen LogP contribution in [0.15, 0.2) is 79.0 Å². The number of methoxy groups -OCH3 is 1. The van der Waals surface area contributed by atoms with Crippen LogP contribution in [0.2, 0.25) is 0 Å². The lowest BCUT2D eigenvalue weighted by molar-refractivity contribution is 0.104. The summed E-state index contributed by atoms with van der Waals surface area (Å²) in [5.41, 5.74) is 3.45. The van der Waals surface area contributed by atoms with Crippen LogP contribution in [0.1, 0.15) is 27.9 Å². The average Bonchev–Trinajstić information content (AvgIpc) is 3.51. The topological polar surface area (TPSA) is 49.7 Å². The molecule has 33 heavy (non-hydrogen) atoms. The Morgan fingerprint density at radius 3 is 2.55 bits per heavy atom. The van der Waals surface area contributed by atoms with E-state index < -0.39 is 0 Å². The molecule has 0 N–H and O–H groups in total. The van der Waals surface area contributed by atoms with Gasteiger partial charge in [0.15, 0.2) is 5.78 Å². The minimum Gasteiger partial charge on any atom is -0.497 e. The minimum atomic E-state index is -0.00992. The number of hydrogen-bond acceptors (Lipinski definition) is 4. The molecule has 5 rings (SSSR count). The predicted molar refractivity (Wildman–Crippen MR) is 128 cm³/mol. The first-order chi connectivity index (χ1) is 16.2. The van der Waals surface area contributed by atoms with Gasteiger partial charge in [-0.2, -0.15) is 0 Å². The molecular weight excluding hydrogens is 414 g/mol. The molecule has 0 aliphatic carbocycles. The number of hydrogen-bond donors (Lipinski definition) is 0. The van der Waals surface area contributed by atoms with Crippen molar-refractivity contribution in [2.45, 2.75) is 19.6 Å². The second-order valence-electron chi connectivity index (χ2n) is 8.44. The highest BCUT2D eigenvalue weighted by Gasteiger charge is 2.21. The lowest BCUT2D eigenvalue weighted by Crippen LogP contribution is -2.09. The Hall–Kier alpha value is -3.57. The highest BCUT2D eigenvalue weighted by atomic mass is 16.5. The van der Waals surface area contributed by atoms with E-state index in [1.54, 1.807) is 7.11 Å². The molecule has 0 amide bonds. The van der Waals surface area contributed by atoms with Gasteiger partial charge in [0.05, 0.1) is 13.7 Å². The van der Waals surface area contributed by atoms with Crippen LogP contribution >= 0.6 is 0 Å². The van der Waals surface area contributed by atoms with Crippen molar-refractivity contribution >= 4 is 16.7 Å². The quantitative estimate of drug-likeness (QED) is 0.339. The summed E-state index contributed by atoms with van der Waals surface area (Å²) < 4.78 is 19.0. The summed E-state index contributed by atoms with van der Waals surface area (Å²) >= 11 is 0. The summed E-state index contributed by atoms with van der Waals surface area (Å²) in [6.07, 6.45) is 3.02. The SMILES string of the molecule is COc1ccc(C(=O)c2cn(CC3CCOC3)c3ccc(OCc4ccccc4)cc23)cc1. The van der Waals surface area contributed by atoms with Crippen molar-refractivity contribution < 1.29 is 19.0 Å². The van der Waals surface area contributed by atoms with Gasteiger partial charge in [0.2, 0.25) is 0 Å². The molecule has 168 valence electrons. The fourth-order valence-electron chi connectivity index (χ4n) is 4.34. The molecule has 1 atom stereocenters.